The van der Waals surface area contributed by atoms with Crippen molar-refractivity contribution in [1.29, 1.82) is 0 Å². The topological polar surface area (TPSA) is 64.7 Å². The number of hydrogen-bond acceptors (Lipinski definition) is 5. The van der Waals surface area contributed by atoms with Crippen molar-refractivity contribution in [2.75, 3.05) is 0 Å². The molecule has 9 aromatic rings. The molecule has 0 radical (unpaired) electrons. The molecule has 0 spiro atoms. The molecule has 47 heavy (non-hydrogen) atoms. The average Bonchev–Trinajstić information content (AvgIpc) is 3.54. The molecule has 0 saturated heterocycles. The monoisotopic (exact) mass is 602 g/mol. The Hall–Kier alpha value is -6.46. The molecule has 3 aromatic heterocycles. The third-order valence-corrected chi connectivity index (χ3v) is 8.66. The smallest absolute Gasteiger partial charge is 0.164 e. The fourth-order valence-corrected chi connectivity index (χ4v) is 6.42. The average molecular weight is 603 g/mol. The van der Waals surface area contributed by atoms with Crippen LogP contribution in [-0.4, -0.2) is 19.9 Å². The summed E-state index contributed by atoms with van der Waals surface area (Å²) < 4.78 is 6.18. The summed E-state index contributed by atoms with van der Waals surface area (Å²) in [4.78, 5) is 19.0. The minimum atomic E-state index is 0.638. The normalized spacial score (nSPS) is 11.4. The predicted molar refractivity (Wildman–Crippen MR) is 190 cm³/mol. The van der Waals surface area contributed by atoms with Gasteiger partial charge in [0.2, 0.25) is 0 Å². The summed E-state index contributed by atoms with van der Waals surface area (Å²) >= 11 is 0. The zero-order valence-corrected chi connectivity index (χ0v) is 25.2. The lowest BCUT2D eigenvalue weighted by Gasteiger charge is -2.13. The Labute approximate surface area is 270 Å². The summed E-state index contributed by atoms with van der Waals surface area (Å²) in [6.07, 6.45) is 3.66. The fraction of sp³-hybridized carbons (Fsp3) is 0. The van der Waals surface area contributed by atoms with Crippen molar-refractivity contribution in [3.05, 3.63) is 158 Å². The number of furan rings is 1. The van der Waals surface area contributed by atoms with Crippen LogP contribution in [-0.2, 0) is 0 Å². The molecule has 220 valence electrons. The summed E-state index contributed by atoms with van der Waals surface area (Å²) in [5, 5.41) is 4.46. The summed E-state index contributed by atoms with van der Waals surface area (Å²) in [5.41, 5.74) is 9.10. The van der Waals surface area contributed by atoms with Gasteiger partial charge in [-0.3, -0.25) is 4.98 Å². The Morgan fingerprint density at radius 3 is 1.57 bits per heavy atom. The lowest BCUT2D eigenvalue weighted by Crippen LogP contribution is -2.00. The SMILES string of the molecule is c1ccc(-c2nc(-c3ccccc3)nc(-c3ccc(-c4ccc(-c5cccc6oc7ccncc7c56)c5ccccc45)cc3)n2)cc1. The van der Waals surface area contributed by atoms with E-state index in [0.29, 0.717) is 17.5 Å². The first kappa shape index (κ1) is 26.9. The van der Waals surface area contributed by atoms with Crippen molar-refractivity contribution in [1.82, 2.24) is 19.9 Å². The van der Waals surface area contributed by atoms with E-state index < -0.39 is 0 Å². The molecule has 0 unspecified atom stereocenters. The van der Waals surface area contributed by atoms with Gasteiger partial charge >= 0.3 is 0 Å². The molecule has 9 rings (SSSR count). The quantitative estimate of drug-likeness (QED) is 0.196. The van der Waals surface area contributed by atoms with E-state index in [1.54, 1.807) is 6.20 Å². The first-order valence-corrected chi connectivity index (χ1v) is 15.6. The second-order valence-electron chi connectivity index (χ2n) is 11.5. The van der Waals surface area contributed by atoms with Gasteiger partial charge in [-0.15, -0.1) is 0 Å². The number of pyridine rings is 1. The van der Waals surface area contributed by atoms with Gasteiger partial charge in [-0.25, -0.2) is 15.0 Å². The fourth-order valence-electron chi connectivity index (χ4n) is 6.42. The van der Waals surface area contributed by atoms with Crippen LogP contribution in [0.1, 0.15) is 0 Å². The standard InChI is InChI=1S/C42H26N4O/c1-3-10-28(11-4-1)40-44-41(29-12-5-2-6-13-29)46-42(45-40)30-20-18-27(19-21-30)31-22-23-34(33-15-8-7-14-32(31)33)35-16-9-17-38-39(35)36-26-43-25-24-37(36)47-38/h1-26H. The van der Waals surface area contributed by atoms with Gasteiger partial charge in [0.15, 0.2) is 17.5 Å². The zero-order valence-electron chi connectivity index (χ0n) is 25.2. The maximum absolute atomic E-state index is 6.18. The van der Waals surface area contributed by atoms with Crippen LogP contribution in [0.25, 0.3) is 89.1 Å². The van der Waals surface area contributed by atoms with Gasteiger partial charge in [0, 0.05) is 39.9 Å². The van der Waals surface area contributed by atoms with Gasteiger partial charge in [0.25, 0.3) is 0 Å². The molecule has 0 N–H and O–H groups in total. The van der Waals surface area contributed by atoms with Crippen LogP contribution < -0.4 is 0 Å². The number of rotatable bonds is 5. The minimum Gasteiger partial charge on any atom is -0.456 e. The minimum absolute atomic E-state index is 0.638. The molecule has 0 bridgehead atoms. The molecule has 5 heteroatoms. The van der Waals surface area contributed by atoms with Gasteiger partial charge < -0.3 is 4.42 Å². The van der Waals surface area contributed by atoms with Crippen molar-refractivity contribution in [2.24, 2.45) is 0 Å². The van der Waals surface area contributed by atoms with E-state index in [9.17, 15) is 0 Å². The Kier molecular flexibility index (Phi) is 6.39. The molecule has 0 saturated carbocycles. The molecule has 6 aromatic carbocycles. The van der Waals surface area contributed by atoms with E-state index in [1.807, 2.05) is 79.0 Å². The Bertz CT molecular complexity index is 2500. The second kappa shape index (κ2) is 11.2. The van der Waals surface area contributed by atoms with Crippen LogP contribution in [0.4, 0.5) is 0 Å². The van der Waals surface area contributed by atoms with Gasteiger partial charge in [-0.2, -0.15) is 0 Å². The van der Waals surface area contributed by atoms with Crippen molar-refractivity contribution in [3.63, 3.8) is 0 Å². The number of hydrogen-bond donors (Lipinski definition) is 0. The lowest BCUT2D eigenvalue weighted by molar-refractivity contribution is 0.668. The van der Waals surface area contributed by atoms with Crippen LogP contribution in [0.2, 0.25) is 0 Å². The van der Waals surface area contributed by atoms with E-state index in [0.717, 1.165) is 60.9 Å². The third-order valence-electron chi connectivity index (χ3n) is 8.66. The summed E-state index contributed by atoms with van der Waals surface area (Å²) in [6, 6.07) is 49.8. The van der Waals surface area contributed by atoms with Crippen LogP contribution in [0.15, 0.2) is 162 Å². The molecule has 5 nitrogen and oxygen atoms in total. The van der Waals surface area contributed by atoms with Crippen LogP contribution in [0, 0.1) is 0 Å². The highest BCUT2D eigenvalue weighted by molar-refractivity contribution is 6.16. The first-order chi connectivity index (χ1) is 23.3. The molecular weight excluding hydrogens is 576 g/mol. The van der Waals surface area contributed by atoms with E-state index >= 15 is 0 Å². The zero-order chi connectivity index (χ0) is 31.2. The number of aromatic nitrogens is 4. The van der Waals surface area contributed by atoms with Crippen molar-refractivity contribution < 1.29 is 4.42 Å². The predicted octanol–water partition coefficient (Wildman–Crippen LogP) is 10.7. The van der Waals surface area contributed by atoms with Gasteiger partial charge in [0.1, 0.15) is 11.2 Å². The van der Waals surface area contributed by atoms with Crippen molar-refractivity contribution in [3.8, 4) is 56.4 Å². The molecule has 0 atom stereocenters. The molecule has 3 heterocycles. The second-order valence-corrected chi connectivity index (χ2v) is 11.5. The Morgan fingerprint density at radius 2 is 0.915 bits per heavy atom. The highest BCUT2D eigenvalue weighted by Gasteiger charge is 2.17. The van der Waals surface area contributed by atoms with Crippen LogP contribution in [0.5, 0.6) is 0 Å². The maximum Gasteiger partial charge on any atom is 0.164 e. The number of nitrogens with zero attached hydrogens (tertiary/aromatic N) is 4. The summed E-state index contributed by atoms with van der Waals surface area (Å²) in [5.74, 6) is 1.94. The highest BCUT2D eigenvalue weighted by atomic mass is 16.3. The molecule has 0 aliphatic rings. The lowest BCUT2D eigenvalue weighted by atomic mass is 9.90. The van der Waals surface area contributed by atoms with Gasteiger partial charge in [0.05, 0.1) is 0 Å². The molecule has 0 fully saturated rings. The van der Waals surface area contributed by atoms with Crippen molar-refractivity contribution >= 4 is 32.7 Å². The van der Waals surface area contributed by atoms with Crippen LogP contribution >= 0.6 is 0 Å². The largest absolute Gasteiger partial charge is 0.456 e. The van der Waals surface area contributed by atoms with E-state index in [4.69, 9.17) is 19.4 Å². The molecular formula is C42H26N4O. The maximum atomic E-state index is 6.18. The first-order valence-electron chi connectivity index (χ1n) is 15.6. The number of fused-ring (bicyclic) bond motifs is 4. The van der Waals surface area contributed by atoms with Crippen molar-refractivity contribution in [2.45, 2.75) is 0 Å². The highest BCUT2D eigenvalue weighted by Crippen LogP contribution is 2.41. The molecule has 0 amide bonds. The van der Waals surface area contributed by atoms with E-state index in [-0.39, 0.29) is 0 Å². The van der Waals surface area contributed by atoms with Crippen LogP contribution in [0.3, 0.4) is 0 Å². The summed E-state index contributed by atoms with van der Waals surface area (Å²) in [7, 11) is 0. The van der Waals surface area contributed by atoms with Gasteiger partial charge in [-0.1, -0.05) is 133 Å². The third kappa shape index (κ3) is 4.73. The van der Waals surface area contributed by atoms with E-state index in [1.165, 1.54) is 10.8 Å². The number of benzene rings is 6. The molecule has 0 aliphatic heterocycles. The summed E-state index contributed by atoms with van der Waals surface area (Å²) in [6.45, 7) is 0. The Balaban J connectivity index is 1.15. The van der Waals surface area contributed by atoms with Gasteiger partial charge in [-0.05, 0) is 45.2 Å². The molecule has 0 aliphatic carbocycles. The van der Waals surface area contributed by atoms with E-state index in [2.05, 4.69) is 77.8 Å². The Morgan fingerprint density at radius 1 is 0.362 bits per heavy atom.